The van der Waals surface area contributed by atoms with Gasteiger partial charge in [-0.2, -0.15) is 0 Å². The van der Waals surface area contributed by atoms with Gasteiger partial charge in [0.05, 0.1) is 0 Å². The minimum absolute atomic E-state index is 0.0344. The Balaban J connectivity index is 2.45. The normalized spacial score (nSPS) is 9.50. The molecule has 1 heterocycles. The highest BCUT2D eigenvalue weighted by atomic mass is 16.4. The molecule has 5 N–H and O–H groups in total. The molecule has 7 nitrogen and oxygen atoms in total. The van der Waals surface area contributed by atoms with Crippen LogP contribution in [0.25, 0.3) is 0 Å². The van der Waals surface area contributed by atoms with Crippen LogP contribution in [0.4, 0.5) is 10.6 Å². The van der Waals surface area contributed by atoms with Crippen LogP contribution < -0.4 is 16.4 Å². The lowest BCUT2D eigenvalue weighted by Gasteiger charge is -2.06. The maximum atomic E-state index is 10.6. The van der Waals surface area contributed by atoms with Crippen molar-refractivity contribution in [3.8, 4) is 0 Å². The molecule has 1 rings (SSSR count). The highest BCUT2D eigenvalue weighted by Gasteiger charge is 2.04. The Kier molecular flexibility index (Phi) is 4.07. The van der Waals surface area contributed by atoms with E-state index in [4.69, 9.17) is 10.8 Å². The smallest absolute Gasteiger partial charge is 0.354 e. The predicted octanol–water partition coefficient (Wildman–Crippen LogP) is -0.140. The lowest BCUT2D eigenvalue weighted by atomic mass is 10.3. The Morgan fingerprint density at radius 2 is 2.12 bits per heavy atom. The largest absolute Gasteiger partial charge is 0.477 e. The molecule has 0 saturated carbocycles. The fourth-order valence-corrected chi connectivity index (χ4v) is 1.03. The SMILES string of the molecule is NC(=O)NCCNc1cccc(C(=O)O)n1. The van der Waals surface area contributed by atoms with Crippen LogP contribution in [0.1, 0.15) is 10.5 Å². The van der Waals surface area contributed by atoms with Gasteiger partial charge >= 0.3 is 12.0 Å². The Hall–Kier alpha value is -2.31. The minimum Gasteiger partial charge on any atom is -0.477 e. The van der Waals surface area contributed by atoms with Gasteiger partial charge in [-0.3, -0.25) is 0 Å². The number of nitrogens with zero attached hydrogens (tertiary/aromatic N) is 1. The first kappa shape index (κ1) is 11.8. The topological polar surface area (TPSA) is 117 Å². The molecule has 0 unspecified atom stereocenters. The Labute approximate surface area is 91.7 Å². The van der Waals surface area contributed by atoms with E-state index >= 15 is 0 Å². The molecule has 0 aliphatic carbocycles. The molecule has 1 aromatic heterocycles. The second-order valence-electron chi connectivity index (χ2n) is 2.93. The first-order valence-electron chi connectivity index (χ1n) is 4.57. The Morgan fingerprint density at radius 3 is 2.75 bits per heavy atom. The average Bonchev–Trinajstić information content (AvgIpc) is 2.24. The summed E-state index contributed by atoms with van der Waals surface area (Å²) in [6.07, 6.45) is 0. The summed E-state index contributed by atoms with van der Waals surface area (Å²) >= 11 is 0. The van der Waals surface area contributed by atoms with Crippen molar-refractivity contribution in [1.29, 1.82) is 0 Å². The van der Waals surface area contributed by atoms with Crippen molar-refractivity contribution in [3.63, 3.8) is 0 Å². The van der Waals surface area contributed by atoms with Gasteiger partial charge in [0.2, 0.25) is 0 Å². The second kappa shape index (κ2) is 5.54. The molecule has 0 aromatic carbocycles. The number of nitrogens with two attached hydrogens (primary N) is 1. The van der Waals surface area contributed by atoms with Gasteiger partial charge in [-0.15, -0.1) is 0 Å². The summed E-state index contributed by atoms with van der Waals surface area (Å²) in [6.45, 7) is 0.757. The van der Waals surface area contributed by atoms with Crippen LogP contribution in [0.3, 0.4) is 0 Å². The van der Waals surface area contributed by atoms with Crippen molar-refractivity contribution in [1.82, 2.24) is 10.3 Å². The van der Waals surface area contributed by atoms with Gasteiger partial charge in [-0.05, 0) is 12.1 Å². The summed E-state index contributed by atoms with van der Waals surface area (Å²) < 4.78 is 0. The van der Waals surface area contributed by atoms with Gasteiger partial charge in [0, 0.05) is 13.1 Å². The molecule has 0 aliphatic heterocycles. The number of anilines is 1. The van der Waals surface area contributed by atoms with E-state index in [9.17, 15) is 9.59 Å². The van der Waals surface area contributed by atoms with Crippen LogP contribution in [0.15, 0.2) is 18.2 Å². The van der Waals surface area contributed by atoms with Crippen LogP contribution in [0.5, 0.6) is 0 Å². The monoisotopic (exact) mass is 224 g/mol. The molecule has 2 amide bonds. The Bertz CT molecular complexity index is 394. The molecular formula is C9H12N4O3. The van der Waals surface area contributed by atoms with Gasteiger partial charge in [0.1, 0.15) is 5.82 Å². The lowest BCUT2D eigenvalue weighted by Crippen LogP contribution is -2.33. The van der Waals surface area contributed by atoms with E-state index in [1.807, 2.05) is 0 Å². The zero-order valence-electron chi connectivity index (χ0n) is 8.43. The number of hydrogen-bond donors (Lipinski definition) is 4. The number of carbonyl (C=O) groups is 2. The van der Waals surface area contributed by atoms with Gasteiger partial charge in [-0.1, -0.05) is 6.07 Å². The molecule has 16 heavy (non-hydrogen) atoms. The summed E-state index contributed by atoms with van der Waals surface area (Å²) in [4.78, 5) is 24.8. The number of carbonyl (C=O) groups excluding carboxylic acids is 1. The summed E-state index contributed by atoms with van der Waals surface area (Å²) in [5.41, 5.74) is 4.83. The standard InChI is InChI=1S/C9H12N4O3/c10-9(16)12-5-4-11-7-3-1-2-6(13-7)8(14)15/h1-3H,4-5H2,(H,11,13)(H,14,15)(H3,10,12,16). The third-order valence-corrected chi connectivity index (χ3v) is 1.70. The average molecular weight is 224 g/mol. The zero-order valence-corrected chi connectivity index (χ0v) is 8.43. The number of carboxylic acids is 1. The first-order chi connectivity index (χ1) is 7.59. The van der Waals surface area contributed by atoms with Crippen molar-refractivity contribution < 1.29 is 14.7 Å². The number of urea groups is 1. The zero-order chi connectivity index (χ0) is 12.0. The van der Waals surface area contributed by atoms with Crippen LogP contribution in [-0.4, -0.2) is 35.2 Å². The van der Waals surface area contributed by atoms with Gasteiger partial charge in [0.15, 0.2) is 5.69 Å². The molecule has 0 radical (unpaired) electrons. The molecule has 0 aliphatic rings. The van der Waals surface area contributed by atoms with E-state index in [0.717, 1.165) is 0 Å². The summed E-state index contributed by atoms with van der Waals surface area (Å²) in [5, 5.41) is 13.9. The van der Waals surface area contributed by atoms with Crippen molar-refractivity contribution in [3.05, 3.63) is 23.9 Å². The number of carboxylic acid groups (broad SMARTS) is 1. The minimum atomic E-state index is -1.08. The van der Waals surface area contributed by atoms with E-state index in [1.165, 1.54) is 6.07 Å². The third kappa shape index (κ3) is 3.82. The number of primary amides is 1. The number of rotatable bonds is 5. The lowest BCUT2D eigenvalue weighted by molar-refractivity contribution is 0.0690. The number of nitrogens with one attached hydrogen (secondary N) is 2. The van der Waals surface area contributed by atoms with Crippen molar-refractivity contribution in [2.75, 3.05) is 18.4 Å². The van der Waals surface area contributed by atoms with Crippen molar-refractivity contribution in [2.45, 2.75) is 0 Å². The van der Waals surface area contributed by atoms with E-state index in [2.05, 4.69) is 15.6 Å². The quantitative estimate of drug-likeness (QED) is 0.519. The van der Waals surface area contributed by atoms with Crippen molar-refractivity contribution in [2.24, 2.45) is 5.73 Å². The number of aromatic nitrogens is 1. The second-order valence-corrected chi connectivity index (χ2v) is 2.93. The molecule has 1 aromatic rings. The van der Waals surface area contributed by atoms with E-state index in [-0.39, 0.29) is 5.69 Å². The molecule has 86 valence electrons. The predicted molar refractivity (Wildman–Crippen MR) is 57.3 cm³/mol. The van der Waals surface area contributed by atoms with Gasteiger partial charge < -0.3 is 21.5 Å². The number of hydrogen-bond acceptors (Lipinski definition) is 4. The number of amides is 2. The molecule has 0 fully saturated rings. The number of pyridine rings is 1. The molecule has 7 heteroatoms. The van der Waals surface area contributed by atoms with E-state index in [1.54, 1.807) is 12.1 Å². The summed E-state index contributed by atoms with van der Waals surface area (Å²) in [5.74, 6) is -0.648. The van der Waals surface area contributed by atoms with E-state index in [0.29, 0.717) is 18.9 Å². The van der Waals surface area contributed by atoms with Gasteiger partial charge in [0.25, 0.3) is 0 Å². The van der Waals surface area contributed by atoms with Crippen molar-refractivity contribution >= 4 is 17.8 Å². The van der Waals surface area contributed by atoms with Crippen LogP contribution in [-0.2, 0) is 0 Å². The first-order valence-corrected chi connectivity index (χ1v) is 4.57. The van der Waals surface area contributed by atoms with Crippen LogP contribution in [0, 0.1) is 0 Å². The molecule has 0 atom stereocenters. The summed E-state index contributed by atoms with van der Waals surface area (Å²) in [6, 6.07) is 4.01. The Morgan fingerprint density at radius 1 is 1.38 bits per heavy atom. The van der Waals surface area contributed by atoms with Gasteiger partial charge in [-0.25, -0.2) is 14.6 Å². The highest BCUT2D eigenvalue weighted by Crippen LogP contribution is 2.03. The fourth-order valence-electron chi connectivity index (χ4n) is 1.03. The maximum Gasteiger partial charge on any atom is 0.354 e. The fraction of sp³-hybridized carbons (Fsp3) is 0.222. The maximum absolute atomic E-state index is 10.6. The third-order valence-electron chi connectivity index (χ3n) is 1.70. The molecule has 0 saturated heterocycles. The molecular weight excluding hydrogens is 212 g/mol. The molecule has 0 bridgehead atoms. The van der Waals surface area contributed by atoms with E-state index < -0.39 is 12.0 Å². The van der Waals surface area contributed by atoms with Crippen LogP contribution >= 0.6 is 0 Å². The van der Waals surface area contributed by atoms with Crippen LogP contribution in [0.2, 0.25) is 0 Å². The highest BCUT2D eigenvalue weighted by molar-refractivity contribution is 5.85. The molecule has 0 spiro atoms. The number of aromatic carboxylic acids is 1. The summed E-state index contributed by atoms with van der Waals surface area (Å²) in [7, 11) is 0.